The first-order valence-electron chi connectivity index (χ1n) is 9.14. The zero-order valence-corrected chi connectivity index (χ0v) is 19.0. The number of ether oxygens (including phenoxy) is 1. The van der Waals surface area contributed by atoms with Crippen molar-refractivity contribution < 1.29 is 23.5 Å². The Hall–Kier alpha value is -3.11. The third kappa shape index (κ3) is 7.72. The van der Waals surface area contributed by atoms with Crippen molar-refractivity contribution in [2.75, 3.05) is 7.11 Å². The molecule has 0 fully saturated rings. The Balaban J connectivity index is 0.00000129. The lowest BCUT2D eigenvalue weighted by atomic mass is 10.0. The van der Waals surface area contributed by atoms with Crippen LogP contribution >= 0.6 is 9.24 Å². The Morgan fingerprint density at radius 3 is 1.97 bits per heavy atom. The Morgan fingerprint density at radius 1 is 0.967 bits per heavy atom. The minimum Gasteiger partial charge on any atom is -0.469 e. The summed E-state index contributed by atoms with van der Waals surface area (Å²) in [6, 6.07) is 16.0. The van der Waals surface area contributed by atoms with E-state index in [1.165, 1.54) is 12.7 Å². The fourth-order valence-electron chi connectivity index (χ4n) is 2.37. The fraction of sp³-hybridized carbons (Fsp3) is 0.217. The molecule has 1 heterocycles. The predicted octanol–water partition coefficient (Wildman–Crippen LogP) is 4.19. The molecule has 160 valence electrons. The van der Waals surface area contributed by atoms with Crippen LogP contribution in [0, 0.1) is 6.92 Å². The molecule has 1 unspecified atom stereocenters. The quantitative estimate of drug-likeness (QED) is 0.457. The van der Waals surface area contributed by atoms with Gasteiger partial charge in [0.2, 0.25) is 5.89 Å². The Morgan fingerprint density at radius 2 is 1.47 bits per heavy atom. The van der Waals surface area contributed by atoms with Gasteiger partial charge in [0, 0.05) is 11.1 Å². The highest BCUT2D eigenvalue weighted by Crippen LogP contribution is 2.32. The van der Waals surface area contributed by atoms with E-state index in [-0.39, 0.29) is 12.4 Å². The van der Waals surface area contributed by atoms with Crippen molar-refractivity contribution >= 4 is 34.1 Å². The standard InChI is InChI=1S/C19H18NO3P.C2H6.2CH2O/c1-12-3-5-13(6-4-12)18-19(14-7-9-15(24)10-8-14)23-16(20-18)11-17(21)22-2;3*1-2/h3-10H,11,24H2,1-2H3;1-2H3;2*1H2. The van der Waals surface area contributed by atoms with E-state index in [1.807, 2.05) is 82.9 Å². The van der Waals surface area contributed by atoms with Gasteiger partial charge >= 0.3 is 5.97 Å². The molecule has 0 aliphatic heterocycles. The molecule has 2 aromatic carbocycles. The van der Waals surface area contributed by atoms with E-state index in [0.29, 0.717) is 11.7 Å². The van der Waals surface area contributed by atoms with Crippen LogP contribution in [0.4, 0.5) is 0 Å². The zero-order chi connectivity index (χ0) is 23.1. The molecule has 0 saturated carbocycles. The number of rotatable bonds is 4. The van der Waals surface area contributed by atoms with Gasteiger partial charge in [0.05, 0.1) is 7.11 Å². The Bertz CT molecular complexity index is 824. The van der Waals surface area contributed by atoms with Gasteiger partial charge in [0.25, 0.3) is 0 Å². The van der Waals surface area contributed by atoms with E-state index in [2.05, 4.69) is 14.2 Å². The number of hydrogen-bond acceptors (Lipinski definition) is 6. The van der Waals surface area contributed by atoms with Gasteiger partial charge in [-0.1, -0.05) is 67.9 Å². The molecule has 0 amide bonds. The second-order valence-corrected chi connectivity index (χ2v) is 6.19. The van der Waals surface area contributed by atoms with E-state index >= 15 is 0 Å². The van der Waals surface area contributed by atoms with Crippen LogP contribution < -0.4 is 5.30 Å². The van der Waals surface area contributed by atoms with Crippen molar-refractivity contribution in [3.63, 3.8) is 0 Å². The molecular weight excluding hydrogens is 401 g/mol. The number of carbonyl (C=O) groups excluding carboxylic acids is 3. The fourth-order valence-corrected chi connectivity index (χ4v) is 2.57. The molecule has 3 aromatic rings. The summed E-state index contributed by atoms with van der Waals surface area (Å²) in [6.45, 7) is 10.0. The molecule has 0 saturated heterocycles. The maximum absolute atomic E-state index is 11.5. The summed E-state index contributed by atoms with van der Waals surface area (Å²) < 4.78 is 10.6. The van der Waals surface area contributed by atoms with Crippen LogP contribution in [0.2, 0.25) is 0 Å². The second-order valence-electron chi connectivity index (χ2n) is 5.53. The number of carbonyl (C=O) groups is 3. The molecule has 1 atom stereocenters. The van der Waals surface area contributed by atoms with Crippen LogP contribution in [-0.2, 0) is 25.5 Å². The lowest BCUT2D eigenvalue weighted by molar-refractivity contribution is -0.140. The molecule has 0 radical (unpaired) electrons. The van der Waals surface area contributed by atoms with Gasteiger partial charge in [-0.05, 0) is 12.2 Å². The van der Waals surface area contributed by atoms with Crippen molar-refractivity contribution in [3.8, 4) is 22.6 Å². The summed E-state index contributed by atoms with van der Waals surface area (Å²) in [5.74, 6) is 0.628. The normalized spacial score (nSPS) is 8.97. The van der Waals surface area contributed by atoms with Crippen molar-refractivity contribution in [2.24, 2.45) is 0 Å². The highest BCUT2D eigenvalue weighted by molar-refractivity contribution is 7.27. The van der Waals surface area contributed by atoms with Crippen molar-refractivity contribution in [1.82, 2.24) is 4.98 Å². The Labute approximate surface area is 179 Å². The van der Waals surface area contributed by atoms with Crippen molar-refractivity contribution in [1.29, 1.82) is 0 Å². The summed E-state index contributed by atoms with van der Waals surface area (Å²) in [5.41, 5.74) is 3.77. The summed E-state index contributed by atoms with van der Waals surface area (Å²) in [7, 11) is 4.01. The lowest BCUT2D eigenvalue weighted by Crippen LogP contribution is -2.04. The first-order valence-corrected chi connectivity index (χ1v) is 9.72. The highest BCUT2D eigenvalue weighted by atomic mass is 31.0. The molecule has 0 aliphatic rings. The smallest absolute Gasteiger partial charge is 0.314 e. The van der Waals surface area contributed by atoms with Gasteiger partial charge < -0.3 is 18.7 Å². The van der Waals surface area contributed by atoms with E-state index in [1.54, 1.807) is 0 Å². The molecule has 0 spiro atoms. The van der Waals surface area contributed by atoms with Gasteiger partial charge in [0.1, 0.15) is 25.7 Å². The minimum absolute atomic E-state index is 0.0110. The van der Waals surface area contributed by atoms with Crippen LogP contribution in [0.3, 0.4) is 0 Å². The van der Waals surface area contributed by atoms with Gasteiger partial charge in [-0.25, -0.2) is 4.98 Å². The molecular formula is C23H28NO5P. The van der Waals surface area contributed by atoms with E-state index in [0.717, 1.165) is 22.1 Å². The van der Waals surface area contributed by atoms with Crippen molar-refractivity contribution in [2.45, 2.75) is 27.2 Å². The molecule has 0 aliphatic carbocycles. The zero-order valence-electron chi connectivity index (χ0n) is 17.8. The van der Waals surface area contributed by atoms with Gasteiger partial charge in [-0.3, -0.25) is 4.79 Å². The summed E-state index contributed by atoms with van der Waals surface area (Å²) in [4.78, 5) is 32.1. The molecule has 7 heteroatoms. The number of aromatic nitrogens is 1. The number of aryl methyl sites for hydroxylation is 1. The first-order chi connectivity index (χ1) is 14.6. The molecule has 30 heavy (non-hydrogen) atoms. The van der Waals surface area contributed by atoms with E-state index in [9.17, 15) is 4.79 Å². The predicted molar refractivity (Wildman–Crippen MR) is 123 cm³/mol. The molecule has 0 N–H and O–H groups in total. The highest BCUT2D eigenvalue weighted by Gasteiger charge is 2.18. The van der Waals surface area contributed by atoms with Crippen LogP contribution in [0.25, 0.3) is 22.6 Å². The number of oxazole rings is 1. The third-order valence-corrected chi connectivity index (χ3v) is 4.08. The van der Waals surface area contributed by atoms with Gasteiger partial charge in [0.15, 0.2) is 5.76 Å². The van der Waals surface area contributed by atoms with Gasteiger partial charge in [-0.2, -0.15) is 0 Å². The van der Waals surface area contributed by atoms with Crippen LogP contribution in [0.5, 0.6) is 0 Å². The SMILES string of the molecule is C=O.C=O.CC.COC(=O)Cc1nc(-c2ccc(C)cc2)c(-c2ccc(P)cc2)o1. The summed E-state index contributed by atoms with van der Waals surface area (Å²) in [6.07, 6.45) is 0.0110. The molecule has 3 rings (SSSR count). The van der Waals surface area contributed by atoms with E-state index in [4.69, 9.17) is 18.7 Å². The topological polar surface area (TPSA) is 86.5 Å². The number of nitrogens with zero attached hydrogens (tertiary/aromatic N) is 1. The maximum Gasteiger partial charge on any atom is 0.314 e. The molecule has 0 bridgehead atoms. The maximum atomic E-state index is 11.5. The number of benzene rings is 2. The molecule has 1 aromatic heterocycles. The average Bonchev–Trinajstić information content (AvgIpc) is 3.22. The Kier molecular flexibility index (Phi) is 13.3. The summed E-state index contributed by atoms with van der Waals surface area (Å²) in [5, 5.41) is 1.09. The van der Waals surface area contributed by atoms with Crippen LogP contribution in [0.1, 0.15) is 25.3 Å². The lowest BCUT2D eigenvalue weighted by Gasteiger charge is -2.02. The largest absolute Gasteiger partial charge is 0.469 e. The number of hydrogen-bond donors (Lipinski definition) is 0. The summed E-state index contributed by atoms with van der Waals surface area (Å²) >= 11 is 0. The first kappa shape index (κ1) is 26.9. The van der Waals surface area contributed by atoms with Gasteiger partial charge in [-0.15, -0.1) is 9.24 Å². The minimum atomic E-state index is -0.376. The number of esters is 1. The third-order valence-electron chi connectivity index (χ3n) is 3.69. The monoisotopic (exact) mass is 429 g/mol. The average molecular weight is 429 g/mol. The van der Waals surface area contributed by atoms with E-state index < -0.39 is 0 Å². The van der Waals surface area contributed by atoms with Crippen LogP contribution in [0.15, 0.2) is 52.9 Å². The second kappa shape index (κ2) is 14.8. The van der Waals surface area contributed by atoms with Crippen molar-refractivity contribution in [3.05, 3.63) is 60.0 Å². The molecule has 6 nitrogen and oxygen atoms in total. The number of methoxy groups -OCH3 is 1. The van der Waals surface area contributed by atoms with Crippen LogP contribution in [-0.4, -0.2) is 31.6 Å².